The van der Waals surface area contributed by atoms with Gasteiger partial charge < -0.3 is 15.4 Å². The van der Waals surface area contributed by atoms with Gasteiger partial charge in [-0.25, -0.2) is 4.98 Å². The number of carbonyl (C=O) groups excluding carboxylic acids is 2. The molecule has 0 bridgehead atoms. The standard InChI is InChI=1S/C16H16BrN3O3/c17-12-4-6-13(7-5-12)23-11-16(22)19-10-8-15(21)20-14-3-1-2-9-18-14/h1-7,9H,8,10-11H2,(H,19,22)(H,18,20,21). The third-order valence-electron chi connectivity index (χ3n) is 2.79. The number of nitrogens with zero attached hydrogens (tertiary/aromatic N) is 1. The van der Waals surface area contributed by atoms with Crippen molar-refractivity contribution >= 4 is 33.6 Å². The molecule has 2 N–H and O–H groups in total. The highest BCUT2D eigenvalue weighted by molar-refractivity contribution is 9.10. The molecule has 7 heteroatoms. The second-order valence-electron chi connectivity index (χ2n) is 4.61. The molecule has 6 nitrogen and oxygen atoms in total. The number of hydrogen-bond donors (Lipinski definition) is 2. The quantitative estimate of drug-likeness (QED) is 0.775. The lowest BCUT2D eigenvalue weighted by molar-refractivity contribution is -0.123. The molecule has 0 fully saturated rings. The summed E-state index contributed by atoms with van der Waals surface area (Å²) in [7, 11) is 0. The van der Waals surface area contributed by atoms with Crippen LogP contribution in [0.25, 0.3) is 0 Å². The molecule has 120 valence electrons. The Balaban J connectivity index is 1.62. The van der Waals surface area contributed by atoms with Gasteiger partial charge in [0.25, 0.3) is 5.91 Å². The Morgan fingerprint density at radius 3 is 2.57 bits per heavy atom. The highest BCUT2D eigenvalue weighted by Gasteiger charge is 2.06. The lowest BCUT2D eigenvalue weighted by Crippen LogP contribution is -2.31. The molecule has 23 heavy (non-hydrogen) atoms. The summed E-state index contributed by atoms with van der Waals surface area (Å²) in [5.41, 5.74) is 0. The minimum atomic E-state index is -0.279. The first-order valence-electron chi connectivity index (χ1n) is 6.99. The average Bonchev–Trinajstić information content (AvgIpc) is 2.55. The second kappa shape index (κ2) is 8.89. The summed E-state index contributed by atoms with van der Waals surface area (Å²) in [6, 6.07) is 12.4. The first-order valence-corrected chi connectivity index (χ1v) is 7.79. The number of hydrogen-bond acceptors (Lipinski definition) is 4. The lowest BCUT2D eigenvalue weighted by atomic mass is 10.3. The Bertz CT molecular complexity index is 647. The summed E-state index contributed by atoms with van der Waals surface area (Å²) in [5, 5.41) is 5.27. The van der Waals surface area contributed by atoms with Gasteiger partial charge in [0.1, 0.15) is 11.6 Å². The number of ether oxygens (including phenoxy) is 1. The first-order chi connectivity index (χ1) is 11.1. The van der Waals surface area contributed by atoms with Gasteiger partial charge in [-0.1, -0.05) is 22.0 Å². The van der Waals surface area contributed by atoms with Crippen LogP contribution in [0.5, 0.6) is 5.75 Å². The molecule has 0 saturated heterocycles. The van der Waals surface area contributed by atoms with Crippen molar-refractivity contribution in [2.75, 3.05) is 18.5 Å². The van der Waals surface area contributed by atoms with E-state index in [4.69, 9.17) is 4.74 Å². The van der Waals surface area contributed by atoms with Gasteiger partial charge in [0, 0.05) is 23.6 Å². The predicted molar refractivity (Wildman–Crippen MR) is 90.1 cm³/mol. The summed E-state index contributed by atoms with van der Waals surface area (Å²) in [5.74, 6) is 0.607. The summed E-state index contributed by atoms with van der Waals surface area (Å²) in [6.45, 7) is 0.144. The molecule has 1 aromatic heterocycles. The topological polar surface area (TPSA) is 80.3 Å². The van der Waals surface area contributed by atoms with E-state index in [1.165, 1.54) is 0 Å². The molecule has 0 saturated carbocycles. The molecule has 1 aromatic carbocycles. The Morgan fingerprint density at radius 2 is 1.87 bits per heavy atom. The van der Waals surface area contributed by atoms with E-state index in [0.29, 0.717) is 11.6 Å². The van der Waals surface area contributed by atoms with E-state index >= 15 is 0 Å². The van der Waals surface area contributed by atoms with Crippen molar-refractivity contribution in [2.45, 2.75) is 6.42 Å². The number of benzene rings is 1. The van der Waals surface area contributed by atoms with Crippen LogP contribution in [0.15, 0.2) is 53.1 Å². The highest BCUT2D eigenvalue weighted by atomic mass is 79.9. The normalized spacial score (nSPS) is 9.96. The predicted octanol–water partition coefficient (Wildman–Crippen LogP) is 2.37. The summed E-state index contributed by atoms with van der Waals surface area (Å²) < 4.78 is 6.27. The van der Waals surface area contributed by atoms with Gasteiger partial charge >= 0.3 is 0 Å². The van der Waals surface area contributed by atoms with Gasteiger partial charge in [-0.15, -0.1) is 0 Å². The molecule has 0 aliphatic rings. The Kier molecular flexibility index (Phi) is 6.56. The van der Waals surface area contributed by atoms with Crippen LogP contribution in [0, 0.1) is 0 Å². The van der Waals surface area contributed by atoms with E-state index in [0.717, 1.165) is 4.47 Å². The maximum absolute atomic E-state index is 11.7. The van der Waals surface area contributed by atoms with Crippen LogP contribution >= 0.6 is 15.9 Å². The maximum Gasteiger partial charge on any atom is 0.257 e. The van der Waals surface area contributed by atoms with Gasteiger partial charge in [0.05, 0.1) is 0 Å². The second-order valence-corrected chi connectivity index (χ2v) is 5.52. The van der Waals surface area contributed by atoms with Crippen molar-refractivity contribution in [3.8, 4) is 5.75 Å². The van der Waals surface area contributed by atoms with Crippen molar-refractivity contribution in [1.82, 2.24) is 10.3 Å². The molecule has 2 aromatic rings. The zero-order chi connectivity index (χ0) is 16.5. The Hall–Kier alpha value is -2.41. The van der Waals surface area contributed by atoms with Crippen LogP contribution in [-0.4, -0.2) is 29.9 Å². The molecular weight excluding hydrogens is 362 g/mol. The summed E-state index contributed by atoms with van der Waals surface area (Å²) in [4.78, 5) is 27.3. The Morgan fingerprint density at radius 1 is 1.09 bits per heavy atom. The monoisotopic (exact) mass is 377 g/mol. The minimum Gasteiger partial charge on any atom is -0.484 e. The Labute approximate surface area is 142 Å². The van der Waals surface area contributed by atoms with E-state index in [1.807, 2.05) is 12.1 Å². The zero-order valence-electron chi connectivity index (χ0n) is 12.3. The van der Waals surface area contributed by atoms with Crippen molar-refractivity contribution < 1.29 is 14.3 Å². The van der Waals surface area contributed by atoms with Crippen LogP contribution in [-0.2, 0) is 9.59 Å². The highest BCUT2D eigenvalue weighted by Crippen LogP contribution is 2.15. The van der Waals surface area contributed by atoms with E-state index in [9.17, 15) is 9.59 Å². The number of halogens is 1. The molecule has 2 rings (SSSR count). The third kappa shape index (κ3) is 6.48. The maximum atomic E-state index is 11.7. The van der Waals surface area contributed by atoms with Crippen molar-refractivity contribution in [1.29, 1.82) is 0 Å². The molecule has 0 unspecified atom stereocenters. The molecule has 0 atom stereocenters. The fourth-order valence-corrected chi connectivity index (χ4v) is 1.95. The van der Waals surface area contributed by atoms with E-state index < -0.39 is 0 Å². The number of amides is 2. The van der Waals surface area contributed by atoms with Gasteiger partial charge in [0.15, 0.2) is 6.61 Å². The molecule has 1 heterocycles. The van der Waals surface area contributed by atoms with Gasteiger partial charge in [-0.2, -0.15) is 0 Å². The van der Waals surface area contributed by atoms with Crippen molar-refractivity contribution in [3.63, 3.8) is 0 Å². The fraction of sp³-hybridized carbons (Fsp3) is 0.188. The third-order valence-corrected chi connectivity index (χ3v) is 3.32. The number of carbonyl (C=O) groups is 2. The molecule has 0 aliphatic heterocycles. The number of anilines is 1. The van der Waals surface area contributed by atoms with E-state index in [2.05, 4.69) is 31.5 Å². The lowest BCUT2D eigenvalue weighted by Gasteiger charge is -2.08. The largest absolute Gasteiger partial charge is 0.484 e. The number of rotatable bonds is 7. The average molecular weight is 378 g/mol. The molecular formula is C16H16BrN3O3. The molecule has 2 amide bonds. The van der Waals surface area contributed by atoms with E-state index in [1.54, 1.807) is 36.5 Å². The molecule has 0 radical (unpaired) electrons. The van der Waals surface area contributed by atoms with E-state index in [-0.39, 0.29) is 31.4 Å². The summed E-state index contributed by atoms with van der Waals surface area (Å²) in [6.07, 6.45) is 1.76. The fourth-order valence-electron chi connectivity index (χ4n) is 1.69. The van der Waals surface area contributed by atoms with Gasteiger partial charge in [-0.05, 0) is 36.4 Å². The molecule has 0 aliphatic carbocycles. The van der Waals surface area contributed by atoms with Crippen LogP contribution < -0.4 is 15.4 Å². The smallest absolute Gasteiger partial charge is 0.257 e. The number of pyridine rings is 1. The number of nitrogens with one attached hydrogen (secondary N) is 2. The zero-order valence-corrected chi connectivity index (χ0v) is 13.9. The van der Waals surface area contributed by atoms with Crippen molar-refractivity contribution in [3.05, 3.63) is 53.1 Å². The van der Waals surface area contributed by atoms with Crippen LogP contribution in [0.3, 0.4) is 0 Å². The minimum absolute atomic E-state index is 0.0938. The van der Waals surface area contributed by atoms with Crippen molar-refractivity contribution in [2.24, 2.45) is 0 Å². The van der Waals surface area contributed by atoms with Crippen LogP contribution in [0.2, 0.25) is 0 Å². The molecule has 0 spiro atoms. The summed E-state index contributed by atoms with van der Waals surface area (Å²) >= 11 is 3.32. The number of aromatic nitrogens is 1. The van der Waals surface area contributed by atoms with Crippen LogP contribution in [0.4, 0.5) is 5.82 Å². The first kappa shape index (κ1) is 17.0. The SMILES string of the molecule is O=C(COc1ccc(Br)cc1)NCCC(=O)Nc1ccccn1. The van der Waals surface area contributed by atoms with Crippen LogP contribution in [0.1, 0.15) is 6.42 Å². The van der Waals surface area contributed by atoms with Gasteiger partial charge in [0.2, 0.25) is 5.91 Å². The van der Waals surface area contributed by atoms with Gasteiger partial charge in [-0.3, -0.25) is 9.59 Å².